The third-order valence-corrected chi connectivity index (χ3v) is 8.53. The second-order valence-corrected chi connectivity index (χ2v) is 11.8. The summed E-state index contributed by atoms with van der Waals surface area (Å²) in [7, 11) is 0. The van der Waals surface area contributed by atoms with Gasteiger partial charge in [-0.1, -0.05) is 84.9 Å². The highest BCUT2D eigenvalue weighted by Crippen LogP contribution is 2.30. The molecular formula is C35H42Cl2N2O4. The van der Waals surface area contributed by atoms with Gasteiger partial charge in [0.1, 0.15) is 6.04 Å². The van der Waals surface area contributed by atoms with E-state index in [0.717, 1.165) is 42.4 Å². The molecule has 0 unspecified atom stereocenters. The Labute approximate surface area is 265 Å². The highest BCUT2D eigenvalue weighted by Gasteiger charge is 2.32. The highest BCUT2D eigenvalue weighted by atomic mass is 35.5. The number of nitrogens with one attached hydrogen (secondary N) is 1. The van der Waals surface area contributed by atoms with Crippen molar-refractivity contribution in [1.29, 1.82) is 0 Å². The Balaban J connectivity index is 1.62. The van der Waals surface area contributed by atoms with Gasteiger partial charge in [0.15, 0.2) is 11.5 Å². The van der Waals surface area contributed by atoms with Gasteiger partial charge in [0.05, 0.1) is 23.3 Å². The molecule has 0 bridgehead atoms. The van der Waals surface area contributed by atoms with Gasteiger partial charge in [-0.25, -0.2) is 0 Å². The van der Waals surface area contributed by atoms with Crippen LogP contribution in [-0.4, -0.2) is 42.0 Å². The third kappa shape index (κ3) is 9.64. The predicted molar refractivity (Wildman–Crippen MR) is 173 cm³/mol. The highest BCUT2D eigenvalue weighted by molar-refractivity contribution is 6.42. The zero-order valence-corrected chi connectivity index (χ0v) is 26.6. The standard InChI is InChI=1S/C35H42Cl2N2O4/c1-3-42-32-19-16-26(23-33(32)43-4-2)17-20-34(40)39(24-27-15-18-29(36)30(37)21-27)31(22-25-11-7-5-8-12-25)35(41)38-28-13-9-6-10-14-28/h5,7-8,11-12,15-16,18-19,21,23,28,31H,3-4,6,9-10,13-14,17,20,22,24H2,1-2H3,(H,38,41)/t31-/m1/s1. The summed E-state index contributed by atoms with van der Waals surface area (Å²) in [5, 5.41) is 4.14. The average Bonchev–Trinajstić information content (AvgIpc) is 3.01. The molecule has 2 amide bonds. The monoisotopic (exact) mass is 624 g/mol. The van der Waals surface area contributed by atoms with Gasteiger partial charge < -0.3 is 19.7 Å². The Morgan fingerprint density at radius 2 is 1.53 bits per heavy atom. The SMILES string of the molecule is CCOc1ccc(CCC(=O)N(Cc2ccc(Cl)c(Cl)c2)[C@H](Cc2ccccc2)C(=O)NC2CCCCC2)cc1OCC. The van der Waals surface area contributed by atoms with Crippen LogP contribution in [0.5, 0.6) is 11.5 Å². The molecule has 0 aliphatic heterocycles. The van der Waals surface area contributed by atoms with E-state index in [4.69, 9.17) is 32.7 Å². The summed E-state index contributed by atoms with van der Waals surface area (Å²) < 4.78 is 11.5. The normalized spacial score (nSPS) is 14.1. The molecule has 6 nitrogen and oxygen atoms in total. The number of aryl methyl sites for hydroxylation is 1. The summed E-state index contributed by atoms with van der Waals surface area (Å²) in [6, 6.07) is 20.4. The van der Waals surface area contributed by atoms with E-state index in [0.29, 0.717) is 47.6 Å². The molecule has 3 aromatic rings. The van der Waals surface area contributed by atoms with E-state index in [1.54, 1.807) is 17.0 Å². The molecule has 8 heteroatoms. The van der Waals surface area contributed by atoms with Crippen LogP contribution in [-0.2, 0) is 29.0 Å². The molecule has 1 fully saturated rings. The Bertz CT molecular complexity index is 1340. The van der Waals surface area contributed by atoms with Crippen molar-refractivity contribution in [1.82, 2.24) is 10.2 Å². The van der Waals surface area contributed by atoms with Crippen LogP contribution in [0.3, 0.4) is 0 Å². The first-order chi connectivity index (χ1) is 20.9. The topological polar surface area (TPSA) is 67.9 Å². The predicted octanol–water partition coefficient (Wildman–Crippen LogP) is 7.81. The molecule has 43 heavy (non-hydrogen) atoms. The minimum Gasteiger partial charge on any atom is -0.490 e. The van der Waals surface area contributed by atoms with Crippen molar-refractivity contribution in [2.45, 2.75) is 83.8 Å². The molecule has 4 rings (SSSR count). The largest absolute Gasteiger partial charge is 0.490 e. The molecule has 0 aromatic heterocycles. The van der Waals surface area contributed by atoms with Gasteiger partial charge in [-0.15, -0.1) is 0 Å². The van der Waals surface area contributed by atoms with Crippen molar-refractivity contribution >= 4 is 35.0 Å². The van der Waals surface area contributed by atoms with Crippen molar-refractivity contribution in [3.8, 4) is 11.5 Å². The smallest absolute Gasteiger partial charge is 0.243 e. The number of hydrogen-bond acceptors (Lipinski definition) is 4. The molecule has 0 radical (unpaired) electrons. The van der Waals surface area contributed by atoms with Crippen LogP contribution in [0.2, 0.25) is 10.0 Å². The van der Waals surface area contributed by atoms with Crippen LogP contribution in [0.25, 0.3) is 0 Å². The van der Waals surface area contributed by atoms with Crippen LogP contribution in [0.15, 0.2) is 66.7 Å². The minimum absolute atomic E-state index is 0.113. The van der Waals surface area contributed by atoms with E-state index in [9.17, 15) is 9.59 Å². The number of halogens is 2. The first-order valence-corrected chi connectivity index (χ1v) is 16.1. The summed E-state index contributed by atoms with van der Waals surface area (Å²) in [4.78, 5) is 29.8. The summed E-state index contributed by atoms with van der Waals surface area (Å²) in [5.41, 5.74) is 2.76. The van der Waals surface area contributed by atoms with E-state index >= 15 is 0 Å². The van der Waals surface area contributed by atoms with Crippen molar-refractivity contribution in [2.75, 3.05) is 13.2 Å². The fourth-order valence-corrected chi connectivity index (χ4v) is 5.90. The van der Waals surface area contributed by atoms with Crippen LogP contribution in [0, 0.1) is 0 Å². The number of rotatable bonds is 14. The van der Waals surface area contributed by atoms with Gasteiger partial charge in [-0.2, -0.15) is 0 Å². The molecular weight excluding hydrogens is 583 g/mol. The maximum absolute atomic E-state index is 14.1. The van der Waals surface area contributed by atoms with Crippen LogP contribution in [0.4, 0.5) is 0 Å². The van der Waals surface area contributed by atoms with Gasteiger partial charge in [0.25, 0.3) is 0 Å². The second kappa shape index (κ2) is 16.6. The fourth-order valence-electron chi connectivity index (χ4n) is 5.58. The van der Waals surface area contributed by atoms with Gasteiger partial charge in [-0.05, 0) is 74.1 Å². The molecule has 230 valence electrons. The van der Waals surface area contributed by atoms with E-state index < -0.39 is 6.04 Å². The van der Waals surface area contributed by atoms with Crippen molar-refractivity contribution in [3.63, 3.8) is 0 Å². The Hall–Kier alpha value is -3.22. The molecule has 1 saturated carbocycles. The van der Waals surface area contributed by atoms with Crippen LogP contribution >= 0.6 is 23.2 Å². The zero-order valence-electron chi connectivity index (χ0n) is 25.1. The first kappa shape index (κ1) is 32.7. The molecule has 3 aromatic carbocycles. The number of carbonyl (C=O) groups is 2. The van der Waals surface area contributed by atoms with Crippen LogP contribution in [0.1, 0.15) is 69.1 Å². The number of carbonyl (C=O) groups excluding carboxylic acids is 2. The van der Waals surface area contributed by atoms with E-state index in [1.165, 1.54) is 6.42 Å². The lowest BCUT2D eigenvalue weighted by Gasteiger charge is -2.33. The van der Waals surface area contributed by atoms with Crippen molar-refractivity contribution in [3.05, 3.63) is 93.5 Å². The van der Waals surface area contributed by atoms with Gasteiger partial charge >= 0.3 is 0 Å². The molecule has 1 atom stereocenters. The van der Waals surface area contributed by atoms with Crippen molar-refractivity contribution in [2.24, 2.45) is 0 Å². The molecule has 0 spiro atoms. The molecule has 1 aliphatic rings. The van der Waals surface area contributed by atoms with E-state index in [2.05, 4.69) is 5.32 Å². The molecule has 0 heterocycles. The molecule has 1 aliphatic carbocycles. The summed E-state index contributed by atoms with van der Waals surface area (Å²) in [5.74, 6) is 1.11. The number of benzene rings is 3. The number of hydrogen-bond donors (Lipinski definition) is 1. The maximum atomic E-state index is 14.1. The number of amides is 2. The molecule has 0 saturated heterocycles. The summed E-state index contributed by atoms with van der Waals surface area (Å²) >= 11 is 12.6. The second-order valence-electron chi connectivity index (χ2n) is 11.0. The lowest BCUT2D eigenvalue weighted by molar-refractivity contribution is -0.141. The summed E-state index contributed by atoms with van der Waals surface area (Å²) in [6.07, 6.45) is 6.45. The van der Waals surface area contributed by atoms with Crippen LogP contribution < -0.4 is 14.8 Å². The Morgan fingerprint density at radius 3 is 2.23 bits per heavy atom. The number of ether oxygens (including phenoxy) is 2. The first-order valence-electron chi connectivity index (χ1n) is 15.3. The lowest BCUT2D eigenvalue weighted by atomic mass is 9.94. The molecule has 1 N–H and O–H groups in total. The summed E-state index contributed by atoms with van der Waals surface area (Å²) in [6.45, 7) is 5.14. The third-order valence-electron chi connectivity index (χ3n) is 7.79. The van der Waals surface area contributed by atoms with Gasteiger partial charge in [0.2, 0.25) is 11.8 Å². The average molecular weight is 626 g/mol. The quantitative estimate of drug-likeness (QED) is 0.199. The fraction of sp³-hybridized carbons (Fsp3) is 0.429. The zero-order chi connectivity index (χ0) is 30.6. The minimum atomic E-state index is -0.689. The van der Waals surface area contributed by atoms with Gasteiger partial charge in [0, 0.05) is 25.4 Å². The lowest BCUT2D eigenvalue weighted by Crippen LogP contribution is -2.52. The van der Waals surface area contributed by atoms with Gasteiger partial charge in [-0.3, -0.25) is 9.59 Å². The Kier molecular flexibility index (Phi) is 12.6. The Morgan fingerprint density at radius 1 is 0.837 bits per heavy atom. The van der Waals surface area contributed by atoms with E-state index in [-0.39, 0.29) is 30.8 Å². The van der Waals surface area contributed by atoms with E-state index in [1.807, 2.05) is 68.4 Å². The van der Waals surface area contributed by atoms with Crippen molar-refractivity contribution < 1.29 is 19.1 Å². The number of nitrogens with zero attached hydrogens (tertiary/aromatic N) is 1. The maximum Gasteiger partial charge on any atom is 0.243 e.